The fraction of sp³-hybridized carbons (Fsp3) is 0.455. The first-order chi connectivity index (χ1) is 14.3. The molecular weight excluding hydrogens is 405 g/mol. The maximum absolute atomic E-state index is 12.4. The number of aliphatic hydroxyl groups is 1. The van der Waals surface area contributed by atoms with Crippen LogP contribution in [0.1, 0.15) is 38.0 Å². The van der Waals surface area contributed by atoms with Crippen molar-refractivity contribution in [3.8, 4) is 17.2 Å². The predicted octanol–water partition coefficient (Wildman–Crippen LogP) is 4.02. The fourth-order valence-electron chi connectivity index (χ4n) is 2.95. The van der Waals surface area contributed by atoms with Crippen LogP contribution in [0.5, 0.6) is 17.2 Å². The highest BCUT2D eigenvalue weighted by molar-refractivity contribution is 7.58. The highest BCUT2D eigenvalue weighted by Gasteiger charge is 2.21. The van der Waals surface area contributed by atoms with E-state index in [0.29, 0.717) is 30.6 Å². The van der Waals surface area contributed by atoms with Gasteiger partial charge in [-0.25, -0.2) is 0 Å². The molecule has 2 aromatic carbocycles. The Morgan fingerprint density at radius 2 is 1.77 bits per heavy atom. The van der Waals surface area contributed by atoms with E-state index in [1.54, 1.807) is 6.07 Å². The van der Waals surface area contributed by atoms with E-state index in [2.05, 4.69) is 5.32 Å². The van der Waals surface area contributed by atoms with Gasteiger partial charge in [-0.15, -0.1) is 0 Å². The van der Waals surface area contributed by atoms with E-state index in [4.69, 9.17) is 9.26 Å². The van der Waals surface area contributed by atoms with Crippen molar-refractivity contribution < 1.29 is 29.1 Å². The van der Waals surface area contributed by atoms with Crippen molar-refractivity contribution in [2.24, 2.45) is 0 Å². The molecule has 0 amide bonds. The van der Waals surface area contributed by atoms with Crippen molar-refractivity contribution in [3.63, 3.8) is 0 Å². The van der Waals surface area contributed by atoms with Crippen LogP contribution >= 0.6 is 7.37 Å². The van der Waals surface area contributed by atoms with Gasteiger partial charge in [0.25, 0.3) is 0 Å². The number of ether oxygens (including phenoxy) is 1. The maximum atomic E-state index is 12.4. The number of aromatic hydroxyl groups is 2. The Hall–Kier alpha value is -2.05. The van der Waals surface area contributed by atoms with E-state index >= 15 is 0 Å². The zero-order valence-corrected chi connectivity index (χ0v) is 18.6. The van der Waals surface area contributed by atoms with Crippen LogP contribution in [0.4, 0.5) is 0 Å². The lowest BCUT2D eigenvalue weighted by atomic mass is 10.1. The Morgan fingerprint density at radius 3 is 2.37 bits per heavy atom. The molecule has 0 saturated carbocycles. The Morgan fingerprint density at radius 1 is 1.07 bits per heavy atom. The number of phenols is 2. The highest BCUT2D eigenvalue weighted by atomic mass is 31.2. The van der Waals surface area contributed by atoms with Crippen molar-refractivity contribution in [3.05, 3.63) is 53.6 Å². The van der Waals surface area contributed by atoms with E-state index in [1.807, 2.05) is 45.0 Å². The summed E-state index contributed by atoms with van der Waals surface area (Å²) in [6, 6.07) is 12.0. The molecule has 7 nitrogen and oxygen atoms in total. The van der Waals surface area contributed by atoms with E-state index in [-0.39, 0.29) is 23.9 Å². The summed E-state index contributed by atoms with van der Waals surface area (Å²) in [7, 11) is -2.74. The molecule has 0 fully saturated rings. The van der Waals surface area contributed by atoms with Crippen LogP contribution in [-0.2, 0) is 15.5 Å². The molecule has 3 atom stereocenters. The van der Waals surface area contributed by atoms with Gasteiger partial charge in [0.2, 0.25) is 7.37 Å². The molecule has 8 heteroatoms. The van der Waals surface area contributed by atoms with Crippen LogP contribution in [0.3, 0.4) is 0 Å². The molecule has 0 radical (unpaired) electrons. The second-order valence-electron chi connectivity index (χ2n) is 7.24. The molecule has 0 aliphatic heterocycles. The first kappa shape index (κ1) is 24.2. The lowest BCUT2D eigenvalue weighted by molar-refractivity contribution is 0.170. The van der Waals surface area contributed by atoms with Gasteiger partial charge in [0.1, 0.15) is 5.75 Å². The third kappa shape index (κ3) is 7.33. The van der Waals surface area contributed by atoms with Gasteiger partial charge in [0.05, 0.1) is 12.7 Å². The van der Waals surface area contributed by atoms with Gasteiger partial charge < -0.3 is 29.9 Å². The number of hydrogen-bond donors (Lipinski definition) is 4. The molecule has 0 spiro atoms. The molecular formula is C22H32NO6P. The van der Waals surface area contributed by atoms with Gasteiger partial charge in [0, 0.05) is 18.7 Å². The molecule has 0 aliphatic rings. The normalized spacial score (nSPS) is 15.3. The first-order valence-electron chi connectivity index (χ1n) is 10.1. The molecule has 30 heavy (non-hydrogen) atoms. The average Bonchev–Trinajstić information content (AvgIpc) is 2.73. The summed E-state index contributed by atoms with van der Waals surface area (Å²) >= 11 is 0. The van der Waals surface area contributed by atoms with Gasteiger partial charge >= 0.3 is 0 Å². The molecule has 0 heterocycles. The molecule has 0 aliphatic carbocycles. The van der Waals surface area contributed by atoms with Crippen molar-refractivity contribution >= 4 is 7.37 Å². The largest absolute Gasteiger partial charge is 0.504 e. The smallest absolute Gasteiger partial charge is 0.239 e. The van der Waals surface area contributed by atoms with Crippen LogP contribution in [0.25, 0.3) is 0 Å². The van der Waals surface area contributed by atoms with E-state index in [1.165, 1.54) is 12.1 Å². The second-order valence-corrected chi connectivity index (χ2v) is 10.0. The molecule has 2 aromatic rings. The standard InChI is InChI=1S/C22H32NO6P/c1-4-29-30(27,5-2)15-28-19-9-6-17(7-10-19)12-16(3)23-14-22(26)18-8-11-20(24)21(25)13-18/h6-11,13,16,22-26H,4-5,12,14-15H2,1-3H3/t16?,22-,30?/m0/s1. The minimum absolute atomic E-state index is 0.0688. The molecule has 0 aromatic heterocycles. The number of phenolic OH excluding ortho intramolecular Hbond substituents is 2. The topological polar surface area (TPSA) is 108 Å². The zero-order valence-electron chi connectivity index (χ0n) is 17.7. The van der Waals surface area contributed by atoms with Crippen LogP contribution in [-0.4, -0.2) is 47.0 Å². The number of aliphatic hydroxyl groups excluding tert-OH is 1. The Bertz CT molecular complexity index is 842. The minimum atomic E-state index is -2.74. The summed E-state index contributed by atoms with van der Waals surface area (Å²) in [5.41, 5.74) is 1.63. The van der Waals surface area contributed by atoms with Crippen LogP contribution < -0.4 is 10.1 Å². The van der Waals surface area contributed by atoms with E-state index in [0.717, 1.165) is 12.0 Å². The highest BCUT2D eigenvalue weighted by Crippen LogP contribution is 2.46. The summed E-state index contributed by atoms with van der Waals surface area (Å²) in [4.78, 5) is 0. The number of rotatable bonds is 12. The minimum Gasteiger partial charge on any atom is -0.504 e. The van der Waals surface area contributed by atoms with Crippen molar-refractivity contribution in [2.75, 3.05) is 25.7 Å². The lowest BCUT2D eigenvalue weighted by Crippen LogP contribution is -2.32. The van der Waals surface area contributed by atoms with Gasteiger partial charge in [-0.3, -0.25) is 4.57 Å². The average molecular weight is 437 g/mol. The Balaban J connectivity index is 1.81. The quantitative estimate of drug-likeness (QED) is 0.293. The van der Waals surface area contributed by atoms with Gasteiger partial charge in [-0.05, 0) is 55.7 Å². The summed E-state index contributed by atoms with van der Waals surface area (Å²) in [6.07, 6.45) is 0.464. The predicted molar refractivity (Wildman–Crippen MR) is 118 cm³/mol. The molecule has 2 unspecified atom stereocenters. The third-order valence-corrected chi connectivity index (χ3v) is 7.00. The van der Waals surface area contributed by atoms with Crippen molar-refractivity contribution in [1.29, 1.82) is 0 Å². The summed E-state index contributed by atoms with van der Waals surface area (Å²) in [5, 5.41) is 32.4. The Kier molecular flexibility index (Phi) is 9.18. The van der Waals surface area contributed by atoms with Gasteiger partial charge in [-0.2, -0.15) is 0 Å². The van der Waals surface area contributed by atoms with Crippen molar-refractivity contribution in [2.45, 2.75) is 39.3 Å². The monoisotopic (exact) mass is 437 g/mol. The van der Waals surface area contributed by atoms with E-state index < -0.39 is 13.5 Å². The van der Waals surface area contributed by atoms with Crippen LogP contribution in [0, 0.1) is 0 Å². The van der Waals surface area contributed by atoms with Gasteiger partial charge in [0.15, 0.2) is 17.8 Å². The molecule has 2 rings (SSSR count). The number of hydrogen-bond acceptors (Lipinski definition) is 7. The Labute approximate surface area is 178 Å². The zero-order chi connectivity index (χ0) is 22.1. The SMILES string of the molecule is CCOP(=O)(CC)COc1ccc(CC(C)NC[C@H](O)c2ccc(O)c(O)c2)cc1. The molecule has 0 saturated heterocycles. The maximum Gasteiger partial charge on any atom is 0.239 e. The summed E-state index contributed by atoms with van der Waals surface area (Å²) < 4.78 is 23.4. The second kappa shape index (κ2) is 11.4. The first-order valence-corrected chi connectivity index (χ1v) is 12.1. The third-order valence-electron chi connectivity index (χ3n) is 4.78. The molecule has 4 N–H and O–H groups in total. The summed E-state index contributed by atoms with van der Waals surface area (Å²) in [5.74, 6) is 0.184. The van der Waals surface area contributed by atoms with E-state index in [9.17, 15) is 19.9 Å². The van der Waals surface area contributed by atoms with Crippen molar-refractivity contribution in [1.82, 2.24) is 5.32 Å². The number of nitrogens with one attached hydrogen (secondary N) is 1. The van der Waals surface area contributed by atoms with Gasteiger partial charge in [-0.1, -0.05) is 25.1 Å². The lowest BCUT2D eigenvalue weighted by Gasteiger charge is -2.18. The number of benzene rings is 2. The molecule has 0 bridgehead atoms. The van der Waals surface area contributed by atoms with Crippen LogP contribution in [0.2, 0.25) is 0 Å². The van der Waals surface area contributed by atoms with Crippen LogP contribution in [0.15, 0.2) is 42.5 Å². The summed E-state index contributed by atoms with van der Waals surface area (Å²) in [6.45, 7) is 6.39. The molecule has 166 valence electrons. The fourth-order valence-corrected chi connectivity index (χ4v) is 4.21.